The number of hydroxylamine groups is 1. The van der Waals surface area contributed by atoms with Crippen LogP contribution in [-0.4, -0.2) is 26.1 Å². The van der Waals surface area contributed by atoms with E-state index in [9.17, 15) is 4.79 Å². The van der Waals surface area contributed by atoms with Crippen LogP contribution in [0.1, 0.15) is 10.4 Å². The summed E-state index contributed by atoms with van der Waals surface area (Å²) < 4.78 is 0. The summed E-state index contributed by atoms with van der Waals surface area (Å²) in [4.78, 5) is 22.6. The molecule has 0 aromatic carbocycles. The molecule has 0 bridgehead atoms. The van der Waals surface area contributed by atoms with E-state index in [1.807, 2.05) is 0 Å². The number of nitrogens with zero attached hydrogens (tertiary/aromatic N) is 3. The van der Waals surface area contributed by atoms with Crippen molar-refractivity contribution in [2.45, 2.75) is 0 Å². The molecule has 0 saturated carbocycles. The van der Waals surface area contributed by atoms with Crippen molar-refractivity contribution in [2.24, 2.45) is 0 Å². The third-order valence-electron chi connectivity index (χ3n) is 1.72. The van der Waals surface area contributed by atoms with Crippen LogP contribution >= 0.6 is 0 Å². The summed E-state index contributed by atoms with van der Waals surface area (Å²) in [7, 11) is 0. The van der Waals surface area contributed by atoms with E-state index in [4.69, 9.17) is 5.21 Å². The second kappa shape index (κ2) is 3.35. The van der Waals surface area contributed by atoms with Crippen molar-refractivity contribution in [2.75, 3.05) is 0 Å². The Labute approximate surface area is 78.6 Å². The summed E-state index contributed by atoms with van der Waals surface area (Å²) in [6.45, 7) is 0. The van der Waals surface area contributed by atoms with E-state index in [1.54, 1.807) is 12.3 Å². The van der Waals surface area contributed by atoms with Crippen LogP contribution in [0.5, 0.6) is 0 Å². The smallest absolute Gasteiger partial charge is 0.276 e. The zero-order chi connectivity index (χ0) is 9.97. The first-order chi connectivity index (χ1) is 6.81. The van der Waals surface area contributed by atoms with Gasteiger partial charge in [-0.05, 0) is 6.07 Å². The standard InChI is InChI=1S/C8H6N4O2/c13-8(12-14)6-1-5-2-9-4-11-7(5)10-3-6/h1-4,14H,(H,12,13). The summed E-state index contributed by atoms with van der Waals surface area (Å²) in [6.07, 6.45) is 4.26. The maximum absolute atomic E-state index is 11.0. The highest BCUT2D eigenvalue weighted by molar-refractivity contribution is 5.95. The molecule has 0 atom stereocenters. The van der Waals surface area contributed by atoms with Gasteiger partial charge in [-0.25, -0.2) is 20.4 Å². The molecule has 0 aliphatic rings. The highest BCUT2D eigenvalue weighted by Crippen LogP contribution is 2.08. The lowest BCUT2D eigenvalue weighted by Gasteiger charge is -1.99. The Balaban J connectivity index is 2.56. The van der Waals surface area contributed by atoms with Crippen molar-refractivity contribution in [3.63, 3.8) is 0 Å². The average Bonchev–Trinajstić information content (AvgIpc) is 2.27. The van der Waals surface area contributed by atoms with Crippen molar-refractivity contribution in [1.82, 2.24) is 20.4 Å². The summed E-state index contributed by atoms with van der Waals surface area (Å²) in [5.41, 5.74) is 2.29. The Morgan fingerprint density at radius 3 is 3.00 bits per heavy atom. The highest BCUT2D eigenvalue weighted by Gasteiger charge is 2.05. The average molecular weight is 190 g/mol. The van der Waals surface area contributed by atoms with E-state index >= 15 is 0 Å². The van der Waals surface area contributed by atoms with E-state index in [1.165, 1.54) is 18.0 Å². The molecule has 2 N–H and O–H groups in total. The number of hydrogen-bond acceptors (Lipinski definition) is 5. The van der Waals surface area contributed by atoms with E-state index in [0.717, 1.165) is 0 Å². The van der Waals surface area contributed by atoms with E-state index in [2.05, 4.69) is 15.0 Å². The van der Waals surface area contributed by atoms with Crippen LogP contribution < -0.4 is 5.48 Å². The van der Waals surface area contributed by atoms with Gasteiger partial charge >= 0.3 is 0 Å². The number of pyridine rings is 1. The van der Waals surface area contributed by atoms with Gasteiger partial charge in [0, 0.05) is 17.8 Å². The van der Waals surface area contributed by atoms with Crippen LogP contribution in [0.15, 0.2) is 24.8 Å². The number of fused-ring (bicyclic) bond motifs is 1. The number of carbonyl (C=O) groups excluding carboxylic acids is 1. The molecule has 0 aliphatic heterocycles. The Hall–Kier alpha value is -2.08. The molecule has 70 valence electrons. The largest absolute Gasteiger partial charge is 0.288 e. The second-order valence-electron chi connectivity index (χ2n) is 2.60. The van der Waals surface area contributed by atoms with Crippen molar-refractivity contribution in [1.29, 1.82) is 0 Å². The van der Waals surface area contributed by atoms with Crippen LogP contribution in [-0.2, 0) is 0 Å². The van der Waals surface area contributed by atoms with E-state index in [0.29, 0.717) is 11.0 Å². The van der Waals surface area contributed by atoms with Gasteiger partial charge < -0.3 is 0 Å². The summed E-state index contributed by atoms with van der Waals surface area (Å²) in [5.74, 6) is -0.608. The lowest BCUT2D eigenvalue weighted by atomic mass is 10.2. The minimum Gasteiger partial charge on any atom is -0.288 e. The Morgan fingerprint density at radius 1 is 1.36 bits per heavy atom. The highest BCUT2D eigenvalue weighted by atomic mass is 16.5. The summed E-state index contributed by atoms with van der Waals surface area (Å²) in [6, 6.07) is 1.55. The van der Waals surface area contributed by atoms with Gasteiger partial charge in [0.2, 0.25) is 0 Å². The fraction of sp³-hybridized carbons (Fsp3) is 0. The third-order valence-corrected chi connectivity index (χ3v) is 1.72. The van der Waals surface area contributed by atoms with Crippen LogP contribution in [0.25, 0.3) is 11.0 Å². The van der Waals surface area contributed by atoms with E-state index in [-0.39, 0.29) is 5.56 Å². The first-order valence-electron chi connectivity index (χ1n) is 3.81. The van der Waals surface area contributed by atoms with Crippen LogP contribution in [0.3, 0.4) is 0 Å². The SMILES string of the molecule is O=C(NO)c1cnc2ncncc2c1. The monoisotopic (exact) mass is 190 g/mol. The molecule has 1 amide bonds. The van der Waals surface area contributed by atoms with Crippen LogP contribution in [0, 0.1) is 0 Å². The van der Waals surface area contributed by atoms with Gasteiger partial charge in [0.25, 0.3) is 5.91 Å². The van der Waals surface area contributed by atoms with Crippen molar-refractivity contribution in [3.05, 3.63) is 30.4 Å². The van der Waals surface area contributed by atoms with Crippen molar-refractivity contribution < 1.29 is 10.0 Å². The molecule has 2 heterocycles. The predicted molar refractivity (Wildman–Crippen MR) is 46.6 cm³/mol. The zero-order valence-electron chi connectivity index (χ0n) is 7.01. The van der Waals surface area contributed by atoms with Crippen molar-refractivity contribution >= 4 is 16.9 Å². The van der Waals surface area contributed by atoms with Crippen molar-refractivity contribution in [3.8, 4) is 0 Å². The third kappa shape index (κ3) is 1.38. The quantitative estimate of drug-likeness (QED) is 0.493. The minimum absolute atomic E-state index is 0.259. The first kappa shape index (κ1) is 8.52. The summed E-state index contributed by atoms with van der Waals surface area (Å²) in [5, 5.41) is 9.05. The number of carbonyl (C=O) groups is 1. The number of rotatable bonds is 1. The molecule has 6 heteroatoms. The summed E-state index contributed by atoms with van der Waals surface area (Å²) >= 11 is 0. The molecule has 0 saturated heterocycles. The van der Waals surface area contributed by atoms with Gasteiger partial charge in [0.05, 0.1) is 5.56 Å². The molecule has 2 rings (SSSR count). The molecule has 0 aliphatic carbocycles. The van der Waals surface area contributed by atoms with Crippen LogP contribution in [0.4, 0.5) is 0 Å². The molecule has 2 aromatic rings. The predicted octanol–water partition coefficient (Wildman–Crippen LogP) is 0.144. The fourth-order valence-corrected chi connectivity index (χ4v) is 1.07. The molecule has 0 radical (unpaired) electrons. The fourth-order valence-electron chi connectivity index (χ4n) is 1.07. The number of nitrogens with one attached hydrogen (secondary N) is 1. The van der Waals surface area contributed by atoms with Gasteiger partial charge in [-0.2, -0.15) is 0 Å². The molecular formula is C8H6N4O2. The molecule has 0 spiro atoms. The van der Waals surface area contributed by atoms with Gasteiger partial charge in [-0.15, -0.1) is 0 Å². The second-order valence-corrected chi connectivity index (χ2v) is 2.60. The minimum atomic E-state index is -0.608. The molecule has 0 unspecified atom stereocenters. The molecule has 2 aromatic heterocycles. The molecule has 14 heavy (non-hydrogen) atoms. The van der Waals surface area contributed by atoms with Gasteiger partial charge in [-0.1, -0.05) is 0 Å². The first-order valence-corrected chi connectivity index (χ1v) is 3.81. The normalized spacial score (nSPS) is 10.1. The van der Waals surface area contributed by atoms with Gasteiger partial charge in [0.15, 0.2) is 5.65 Å². The Morgan fingerprint density at radius 2 is 2.21 bits per heavy atom. The molecule has 6 nitrogen and oxygen atoms in total. The number of aromatic nitrogens is 3. The Bertz CT molecular complexity index is 485. The number of amides is 1. The topological polar surface area (TPSA) is 88.0 Å². The lowest BCUT2D eigenvalue weighted by molar-refractivity contribution is 0.0706. The zero-order valence-corrected chi connectivity index (χ0v) is 7.01. The maximum Gasteiger partial charge on any atom is 0.276 e. The Kier molecular flexibility index (Phi) is 2.04. The maximum atomic E-state index is 11.0. The van der Waals surface area contributed by atoms with E-state index < -0.39 is 5.91 Å². The molecule has 0 fully saturated rings. The van der Waals surface area contributed by atoms with Crippen LogP contribution in [0.2, 0.25) is 0 Å². The van der Waals surface area contributed by atoms with Gasteiger partial charge in [0.1, 0.15) is 6.33 Å². The van der Waals surface area contributed by atoms with Gasteiger partial charge in [-0.3, -0.25) is 10.0 Å². The lowest BCUT2D eigenvalue weighted by Crippen LogP contribution is -2.18. The number of hydrogen-bond donors (Lipinski definition) is 2. The molecular weight excluding hydrogens is 184 g/mol.